The quantitative estimate of drug-likeness (QED) is 0.664. The highest BCUT2D eigenvalue weighted by Gasteiger charge is 2.42. The summed E-state index contributed by atoms with van der Waals surface area (Å²) in [5.41, 5.74) is 0. The van der Waals surface area contributed by atoms with Gasteiger partial charge in [0.25, 0.3) is 5.92 Å². The van der Waals surface area contributed by atoms with E-state index in [1.54, 1.807) is 6.92 Å². The van der Waals surface area contributed by atoms with Gasteiger partial charge in [-0.15, -0.1) is 0 Å². The first-order valence-electron chi connectivity index (χ1n) is 5.09. The van der Waals surface area contributed by atoms with Gasteiger partial charge < -0.3 is 4.74 Å². The molecule has 1 aliphatic rings. The van der Waals surface area contributed by atoms with Gasteiger partial charge in [0.05, 0.1) is 13.0 Å². The summed E-state index contributed by atoms with van der Waals surface area (Å²) in [6.07, 6.45) is 1.57. The number of rotatable bonds is 3. The molecule has 0 N–H and O–H groups in total. The molecule has 82 valence electrons. The van der Waals surface area contributed by atoms with Gasteiger partial charge in [0, 0.05) is 12.3 Å². The van der Waals surface area contributed by atoms with Crippen LogP contribution in [0.1, 0.15) is 39.0 Å². The van der Waals surface area contributed by atoms with Gasteiger partial charge in [-0.05, 0) is 19.8 Å². The average Bonchev–Trinajstić information content (AvgIpc) is 2.09. The van der Waals surface area contributed by atoms with Gasteiger partial charge >= 0.3 is 5.97 Å². The number of halogens is 2. The van der Waals surface area contributed by atoms with Gasteiger partial charge in [-0.3, -0.25) is 4.79 Å². The Bertz CT molecular complexity index is 204. The Hall–Kier alpha value is -0.670. The molecule has 4 heteroatoms. The predicted molar refractivity (Wildman–Crippen MR) is 48.2 cm³/mol. The van der Waals surface area contributed by atoms with E-state index in [9.17, 15) is 13.6 Å². The minimum absolute atomic E-state index is 0.0862. The fourth-order valence-electron chi connectivity index (χ4n) is 1.84. The van der Waals surface area contributed by atoms with E-state index in [-0.39, 0.29) is 19.4 Å². The second-order valence-electron chi connectivity index (χ2n) is 3.71. The van der Waals surface area contributed by atoms with Crippen molar-refractivity contribution in [2.24, 2.45) is 5.92 Å². The average molecular weight is 206 g/mol. The van der Waals surface area contributed by atoms with Crippen molar-refractivity contribution in [3.63, 3.8) is 0 Å². The molecule has 0 bridgehead atoms. The summed E-state index contributed by atoms with van der Waals surface area (Å²) in [5, 5.41) is 0. The lowest BCUT2D eigenvalue weighted by Gasteiger charge is -2.30. The first-order chi connectivity index (χ1) is 6.56. The molecule has 0 aromatic rings. The normalized spacial score (nSPS) is 25.8. The van der Waals surface area contributed by atoms with Gasteiger partial charge in [0.1, 0.15) is 0 Å². The largest absolute Gasteiger partial charge is 0.466 e. The van der Waals surface area contributed by atoms with Gasteiger partial charge in [0.2, 0.25) is 0 Å². The molecule has 0 amide bonds. The number of alkyl halides is 2. The van der Waals surface area contributed by atoms with Gasteiger partial charge in [-0.1, -0.05) is 6.42 Å². The van der Waals surface area contributed by atoms with E-state index < -0.39 is 17.8 Å². The van der Waals surface area contributed by atoms with Gasteiger partial charge in [0.15, 0.2) is 0 Å². The Morgan fingerprint density at radius 1 is 1.50 bits per heavy atom. The standard InChI is InChI=1S/C10H16F2O2/c1-2-14-9(13)7-8-5-3-4-6-10(8,11)12/h8H,2-7H2,1H3. The summed E-state index contributed by atoms with van der Waals surface area (Å²) >= 11 is 0. The van der Waals surface area contributed by atoms with Crippen molar-refractivity contribution in [3.8, 4) is 0 Å². The molecule has 0 heterocycles. The van der Waals surface area contributed by atoms with Crippen molar-refractivity contribution in [2.75, 3.05) is 6.61 Å². The summed E-state index contributed by atoms with van der Waals surface area (Å²) in [6.45, 7) is 1.94. The maximum absolute atomic E-state index is 13.3. The summed E-state index contributed by atoms with van der Waals surface area (Å²) in [7, 11) is 0. The molecule has 1 atom stereocenters. The topological polar surface area (TPSA) is 26.3 Å². The third-order valence-corrected chi connectivity index (χ3v) is 2.63. The third-order valence-electron chi connectivity index (χ3n) is 2.63. The van der Waals surface area contributed by atoms with Crippen molar-refractivity contribution in [1.29, 1.82) is 0 Å². The lowest BCUT2D eigenvalue weighted by Crippen LogP contribution is -2.33. The highest BCUT2D eigenvalue weighted by Crippen LogP contribution is 2.40. The zero-order valence-electron chi connectivity index (χ0n) is 8.39. The van der Waals surface area contributed by atoms with Crippen LogP contribution in [-0.4, -0.2) is 18.5 Å². The van der Waals surface area contributed by atoms with Gasteiger partial charge in [-0.2, -0.15) is 0 Å². The number of esters is 1. The van der Waals surface area contributed by atoms with Crippen LogP contribution in [0.5, 0.6) is 0 Å². The third kappa shape index (κ3) is 2.93. The monoisotopic (exact) mass is 206 g/mol. The molecule has 1 aliphatic carbocycles. The molecule has 1 fully saturated rings. The van der Waals surface area contributed by atoms with E-state index >= 15 is 0 Å². The molecule has 0 radical (unpaired) electrons. The summed E-state index contributed by atoms with van der Waals surface area (Å²) in [4.78, 5) is 11.0. The van der Waals surface area contributed by atoms with E-state index in [4.69, 9.17) is 0 Å². The first-order valence-corrected chi connectivity index (χ1v) is 5.09. The Labute approximate surface area is 82.6 Å². The minimum Gasteiger partial charge on any atom is -0.466 e. The Kier molecular flexibility index (Phi) is 3.84. The molecule has 1 rings (SSSR count). The van der Waals surface area contributed by atoms with E-state index in [0.717, 1.165) is 6.42 Å². The van der Waals surface area contributed by atoms with Crippen LogP contribution in [-0.2, 0) is 9.53 Å². The molecule has 0 aliphatic heterocycles. The number of hydrogen-bond acceptors (Lipinski definition) is 2. The van der Waals surface area contributed by atoms with Crippen molar-refractivity contribution in [2.45, 2.75) is 45.0 Å². The zero-order valence-corrected chi connectivity index (χ0v) is 8.39. The second kappa shape index (κ2) is 4.71. The molecular formula is C10H16F2O2. The lowest BCUT2D eigenvalue weighted by atomic mass is 9.83. The second-order valence-corrected chi connectivity index (χ2v) is 3.71. The van der Waals surface area contributed by atoms with Crippen LogP contribution in [0.3, 0.4) is 0 Å². The number of carbonyl (C=O) groups is 1. The van der Waals surface area contributed by atoms with Crippen molar-refractivity contribution in [1.82, 2.24) is 0 Å². The van der Waals surface area contributed by atoms with Crippen LogP contribution in [0.4, 0.5) is 8.78 Å². The fourth-order valence-corrected chi connectivity index (χ4v) is 1.84. The smallest absolute Gasteiger partial charge is 0.306 e. The number of carbonyl (C=O) groups excluding carboxylic acids is 1. The van der Waals surface area contributed by atoms with Crippen LogP contribution in [0.15, 0.2) is 0 Å². The zero-order chi connectivity index (χ0) is 10.6. The van der Waals surface area contributed by atoms with Crippen LogP contribution >= 0.6 is 0 Å². The molecule has 2 nitrogen and oxygen atoms in total. The summed E-state index contributed by atoms with van der Waals surface area (Å²) in [6, 6.07) is 0. The maximum atomic E-state index is 13.3. The predicted octanol–water partition coefficient (Wildman–Crippen LogP) is 2.77. The maximum Gasteiger partial charge on any atom is 0.306 e. The molecule has 1 saturated carbocycles. The van der Waals surface area contributed by atoms with Crippen molar-refractivity contribution < 1.29 is 18.3 Å². The Morgan fingerprint density at radius 3 is 2.79 bits per heavy atom. The van der Waals surface area contributed by atoms with E-state index in [1.165, 1.54) is 0 Å². The highest BCUT2D eigenvalue weighted by atomic mass is 19.3. The molecule has 1 unspecified atom stereocenters. The molecule has 0 saturated heterocycles. The molecule has 0 aromatic heterocycles. The number of ether oxygens (including phenoxy) is 1. The summed E-state index contributed by atoms with van der Waals surface area (Å²) in [5.74, 6) is -3.99. The molecule has 0 spiro atoms. The summed E-state index contributed by atoms with van der Waals surface area (Å²) < 4.78 is 31.2. The Balaban J connectivity index is 2.45. The molecular weight excluding hydrogens is 190 g/mol. The fraction of sp³-hybridized carbons (Fsp3) is 0.900. The Morgan fingerprint density at radius 2 is 2.21 bits per heavy atom. The van der Waals surface area contributed by atoms with Crippen molar-refractivity contribution in [3.05, 3.63) is 0 Å². The molecule has 14 heavy (non-hydrogen) atoms. The first kappa shape index (κ1) is 11.4. The van der Waals surface area contributed by atoms with Crippen molar-refractivity contribution >= 4 is 5.97 Å². The van der Waals surface area contributed by atoms with Crippen LogP contribution in [0, 0.1) is 5.92 Å². The van der Waals surface area contributed by atoms with Gasteiger partial charge in [-0.25, -0.2) is 8.78 Å². The van der Waals surface area contributed by atoms with E-state index in [2.05, 4.69) is 4.74 Å². The van der Waals surface area contributed by atoms with Crippen LogP contribution in [0.25, 0.3) is 0 Å². The van der Waals surface area contributed by atoms with E-state index in [0.29, 0.717) is 12.8 Å². The highest BCUT2D eigenvalue weighted by molar-refractivity contribution is 5.69. The minimum atomic E-state index is -2.68. The van der Waals surface area contributed by atoms with E-state index in [1.807, 2.05) is 0 Å². The van der Waals surface area contributed by atoms with Crippen LogP contribution < -0.4 is 0 Å². The SMILES string of the molecule is CCOC(=O)CC1CCCCC1(F)F. The molecule has 0 aromatic carbocycles. The lowest BCUT2D eigenvalue weighted by molar-refractivity contribution is -0.151. The number of hydrogen-bond donors (Lipinski definition) is 0. The van der Waals surface area contributed by atoms with Crippen LogP contribution in [0.2, 0.25) is 0 Å².